The van der Waals surface area contributed by atoms with Gasteiger partial charge in [-0.2, -0.15) is 0 Å². The molecule has 78 valence electrons. The highest BCUT2D eigenvalue weighted by Crippen LogP contribution is 1.97. The predicted octanol–water partition coefficient (Wildman–Crippen LogP) is -0.577. The summed E-state index contributed by atoms with van der Waals surface area (Å²) in [6.45, 7) is 2.35. The number of sulfone groups is 1. The van der Waals surface area contributed by atoms with Crippen molar-refractivity contribution in [2.75, 3.05) is 26.5 Å². The van der Waals surface area contributed by atoms with E-state index in [0.717, 1.165) is 6.26 Å². The third-order valence-electron chi connectivity index (χ3n) is 1.65. The fourth-order valence-electron chi connectivity index (χ4n) is 0.614. The molecule has 0 saturated heterocycles. The van der Waals surface area contributed by atoms with Crippen molar-refractivity contribution in [3.05, 3.63) is 0 Å². The molecule has 0 radical (unpaired) electrons. The van der Waals surface area contributed by atoms with E-state index in [1.807, 2.05) is 0 Å². The lowest BCUT2D eigenvalue weighted by molar-refractivity contribution is 0.208. The van der Waals surface area contributed by atoms with Crippen LogP contribution in [0, 0.1) is 0 Å². The SMILES string of the molecule is COCCN=C(N)C(C)S(C)(=O)=O. The molecule has 13 heavy (non-hydrogen) atoms. The Balaban J connectivity index is 4.26. The molecule has 0 spiro atoms. The number of amidine groups is 1. The fraction of sp³-hybridized carbons (Fsp3) is 0.857. The van der Waals surface area contributed by atoms with Gasteiger partial charge in [0.05, 0.1) is 13.2 Å². The van der Waals surface area contributed by atoms with Crippen molar-refractivity contribution < 1.29 is 13.2 Å². The quantitative estimate of drug-likeness (QED) is 0.372. The van der Waals surface area contributed by atoms with E-state index in [1.54, 1.807) is 7.11 Å². The Morgan fingerprint density at radius 2 is 2.15 bits per heavy atom. The van der Waals surface area contributed by atoms with Gasteiger partial charge in [-0.05, 0) is 6.92 Å². The summed E-state index contributed by atoms with van der Waals surface area (Å²) in [6, 6.07) is 0. The van der Waals surface area contributed by atoms with Crippen molar-refractivity contribution in [1.29, 1.82) is 0 Å². The Kier molecular flexibility index (Phi) is 4.94. The van der Waals surface area contributed by atoms with Crippen LogP contribution in [0.3, 0.4) is 0 Å². The van der Waals surface area contributed by atoms with Crippen LogP contribution in [0.5, 0.6) is 0 Å². The third-order valence-corrected chi connectivity index (χ3v) is 3.17. The molecule has 0 aromatic rings. The van der Waals surface area contributed by atoms with Crippen LogP contribution in [-0.2, 0) is 14.6 Å². The molecule has 0 aromatic heterocycles. The van der Waals surface area contributed by atoms with Gasteiger partial charge in [-0.3, -0.25) is 4.99 Å². The Morgan fingerprint density at radius 3 is 2.54 bits per heavy atom. The lowest BCUT2D eigenvalue weighted by Crippen LogP contribution is -2.33. The molecular formula is C7H16N2O3S. The Hall–Kier alpha value is -0.620. The van der Waals surface area contributed by atoms with E-state index in [9.17, 15) is 8.42 Å². The number of aliphatic imine (C=N–C) groups is 1. The zero-order chi connectivity index (χ0) is 10.5. The highest BCUT2D eigenvalue weighted by molar-refractivity contribution is 7.92. The van der Waals surface area contributed by atoms with Crippen molar-refractivity contribution in [2.45, 2.75) is 12.2 Å². The van der Waals surface area contributed by atoms with Crippen LogP contribution in [0.2, 0.25) is 0 Å². The van der Waals surface area contributed by atoms with Gasteiger partial charge in [0.2, 0.25) is 0 Å². The molecule has 0 bridgehead atoms. The number of hydrogen-bond donors (Lipinski definition) is 1. The van der Waals surface area contributed by atoms with E-state index < -0.39 is 15.1 Å². The van der Waals surface area contributed by atoms with Crippen LogP contribution in [0.25, 0.3) is 0 Å². The van der Waals surface area contributed by atoms with E-state index in [2.05, 4.69) is 4.99 Å². The molecular weight excluding hydrogens is 192 g/mol. The number of methoxy groups -OCH3 is 1. The molecule has 5 nitrogen and oxygen atoms in total. The van der Waals surface area contributed by atoms with Crippen LogP contribution >= 0.6 is 0 Å². The Bertz CT molecular complexity index is 271. The summed E-state index contributed by atoms with van der Waals surface area (Å²) in [6.07, 6.45) is 1.14. The van der Waals surface area contributed by atoms with Gasteiger partial charge in [0.25, 0.3) is 0 Å². The summed E-state index contributed by atoms with van der Waals surface area (Å²) in [5.74, 6) is 0.138. The van der Waals surface area contributed by atoms with Crippen LogP contribution in [-0.4, -0.2) is 46.0 Å². The van der Waals surface area contributed by atoms with E-state index in [0.29, 0.717) is 13.2 Å². The highest BCUT2D eigenvalue weighted by atomic mass is 32.2. The van der Waals surface area contributed by atoms with Gasteiger partial charge in [-0.25, -0.2) is 8.42 Å². The van der Waals surface area contributed by atoms with Crippen molar-refractivity contribution in [3.8, 4) is 0 Å². The second-order valence-corrected chi connectivity index (χ2v) is 5.14. The van der Waals surface area contributed by atoms with Crippen LogP contribution in [0.1, 0.15) is 6.92 Å². The maximum atomic E-state index is 11.0. The number of hydrogen-bond acceptors (Lipinski definition) is 4. The molecule has 0 aromatic carbocycles. The summed E-state index contributed by atoms with van der Waals surface area (Å²) < 4.78 is 26.8. The Morgan fingerprint density at radius 1 is 1.62 bits per heavy atom. The largest absolute Gasteiger partial charge is 0.386 e. The average molecular weight is 208 g/mol. The first-order valence-electron chi connectivity index (χ1n) is 3.87. The van der Waals surface area contributed by atoms with Crippen LogP contribution in [0.15, 0.2) is 4.99 Å². The maximum Gasteiger partial charge on any atom is 0.157 e. The minimum Gasteiger partial charge on any atom is -0.386 e. The zero-order valence-corrected chi connectivity index (χ0v) is 8.97. The fourth-order valence-corrected chi connectivity index (χ4v) is 1.13. The number of nitrogens with two attached hydrogens (primary N) is 1. The summed E-state index contributed by atoms with van der Waals surface area (Å²) in [4.78, 5) is 3.87. The topological polar surface area (TPSA) is 81.8 Å². The first-order valence-corrected chi connectivity index (χ1v) is 5.82. The van der Waals surface area contributed by atoms with Crippen molar-refractivity contribution in [2.24, 2.45) is 10.7 Å². The standard InChI is InChI=1S/C7H16N2O3S/c1-6(13(3,10)11)7(8)9-4-5-12-2/h6H,4-5H2,1-3H3,(H2,8,9). The number of rotatable bonds is 5. The molecule has 0 aliphatic rings. The minimum absolute atomic E-state index is 0.138. The van der Waals surface area contributed by atoms with Gasteiger partial charge in [0.15, 0.2) is 9.84 Å². The van der Waals surface area contributed by atoms with E-state index in [-0.39, 0.29) is 5.84 Å². The molecule has 0 aliphatic heterocycles. The second-order valence-electron chi connectivity index (χ2n) is 2.77. The second kappa shape index (κ2) is 5.18. The molecule has 0 heterocycles. The predicted molar refractivity (Wildman–Crippen MR) is 52.7 cm³/mol. The van der Waals surface area contributed by atoms with Crippen LogP contribution in [0.4, 0.5) is 0 Å². The maximum absolute atomic E-state index is 11.0. The van der Waals surface area contributed by atoms with E-state index in [1.165, 1.54) is 6.92 Å². The number of ether oxygens (including phenoxy) is 1. The molecule has 0 saturated carbocycles. The summed E-state index contributed by atoms with van der Waals surface area (Å²) in [7, 11) is -1.59. The molecule has 1 atom stereocenters. The van der Waals surface area contributed by atoms with Crippen molar-refractivity contribution >= 4 is 15.7 Å². The van der Waals surface area contributed by atoms with Gasteiger partial charge in [-0.15, -0.1) is 0 Å². The lowest BCUT2D eigenvalue weighted by atomic mass is 10.4. The smallest absolute Gasteiger partial charge is 0.157 e. The summed E-state index contributed by atoms with van der Waals surface area (Å²) in [5.41, 5.74) is 5.46. The molecule has 0 fully saturated rings. The minimum atomic E-state index is -3.14. The van der Waals surface area contributed by atoms with Crippen molar-refractivity contribution in [3.63, 3.8) is 0 Å². The summed E-state index contributed by atoms with van der Waals surface area (Å²) >= 11 is 0. The highest BCUT2D eigenvalue weighted by Gasteiger charge is 2.18. The first-order chi connectivity index (χ1) is 5.89. The van der Waals surface area contributed by atoms with E-state index >= 15 is 0 Å². The molecule has 0 rings (SSSR count). The van der Waals surface area contributed by atoms with Gasteiger partial charge in [0, 0.05) is 13.4 Å². The molecule has 6 heteroatoms. The normalized spacial score (nSPS) is 15.8. The molecule has 2 N–H and O–H groups in total. The zero-order valence-electron chi connectivity index (χ0n) is 8.15. The molecule has 0 aliphatic carbocycles. The molecule has 1 unspecified atom stereocenters. The van der Waals surface area contributed by atoms with E-state index in [4.69, 9.17) is 10.5 Å². The first kappa shape index (κ1) is 12.4. The lowest BCUT2D eigenvalue weighted by Gasteiger charge is -2.08. The summed E-state index contributed by atoms with van der Waals surface area (Å²) in [5, 5.41) is -0.718. The van der Waals surface area contributed by atoms with Crippen molar-refractivity contribution in [1.82, 2.24) is 0 Å². The van der Waals surface area contributed by atoms with Gasteiger partial charge in [-0.1, -0.05) is 0 Å². The van der Waals surface area contributed by atoms with Crippen LogP contribution < -0.4 is 5.73 Å². The van der Waals surface area contributed by atoms with Gasteiger partial charge >= 0.3 is 0 Å². The number of nitrogens with zero attached hydrogens (tertiary/aromatic N) is 1. The Labute approximate surface area is 78.9 Å². The average Bonchev–Trinajstić information content (AvgIpc) is 2.01. The molecule has 0 amide bonds. The monoisotopic (exact) mass is 208 g/mol. The van der Waals surface area contributed by atoms with Gasteiger partial charge < -0.3 is 10.5 Å². The van der Waals surface area contributed by atoms with Gasteiger partial charge in [0.1, 0.15) is 11.1 Å². The third kappa shape index (κ3) is 4.84.